The van der Waals surface area contributed by atoms with Crippen LogP contribution in [0, 0.1) is 5.92 Å². The molecule has 0 spiro atoms. The maximum Gasteiger partial charge on any atom is 0.326 e. The minimum Gasteiger partial charge on any atom is -0.480 e. The van der Waals surface area contributed by atoms with Crippen LogP contribution in [0.25, 0.3) is 0 Å². The lowest BCUT2D eigenvalue weighted by Gasteiger charge is -2.24. The van der Waals surface area contributed by atoms with E-state index in [1.165, 1.54) is 0 Å². The van der Waals surface area contributed by atoms with E-state index in [2.05, 4.69) is 15.6 Å². The highest BCUT2D eigenvalue weighted by atomic mass is 32.2. The topological polar surface area (TPSA) is 186 Å². The summed E-state index contributed by atoms with van der Waals surface area (Å²) < 4.78 is 0. The normalized spacial score (nSPS) is 14.1. The van der Waals surface area contributed by atoms with Gasteiger partial charge in [0.05, 0.1) is 6.04 Å². The number of carboxylic acids is 1. The molecule has 10 nitrogen and oxygen atoms in total. The van der Waals surface area contributed by atoms with Crippen LogP contribution >= 0.6 is 11.8 Å². The van der Waals surface area contributed by atoms with Crippen molar-refractivity contribution in [1.29, 1.82) is 0 Å². The van der Waals surface area contributed by atoms with Crippen molar-refractivity contribution in [3.8, 4) is 0 Å². The van der Waals surface area contributed by atoms with E-state index in [1.54, 1.807) is 25.6 Å². The van der Waals surface area contributed by atoms with E-state index in [0.29, 0.717) is 18.6 Å². The lowest BCUT2D eigenvalue weighted by molar-refractivity contribution is -0.143. The number of hydrogen-bond donors (Lipinski definition) is 6. The first kappa shape index (κ1) is 25.0. The zero-order valence-electron chi connectivity index (χ0n) is 16.1. The summed E-state index contributed by atoms with van der Waals surface area (Å²) in [6.07, 6.45) is 3.05. The number of hydrogen-bond acceptors (Lipinski definition) is 6. The molecule has 0 bridgehead atoms. The van der Waals surface area contributed by atoms with Gasteiger partial charge in [0.1, 0.15) is 12.1 Å². The molecule has 0 saturated heterocycles. The summed E-state index contributed by atoms with van der Waals surface area (Å²) in [5.41, 5.74) is 16.4. The zero-order valence-corrected chi connectivity index (χ0v) is 16.9. The second-order valence-corrected chi connectivity index (χ2v) is 7.45. The highest BCUT2D eigenvalue weighted by Gasteiger charge is 2.29. The molecule has 0 aliphatic carbocycles. The predicted molar refractivity (Wildman–Crippen MR) is 107 cm³/mol. The van der Waals surface area contributed by atoms with Gasteiger partial charge in [-0.15, -0.1) is 0 Å². The fourth-order valence-electron chi connectivity index (χ4n) is 2.19. The van der Waals surface area contributed by atoms with Gasteiger partial charge in [-0.3, -0.25) is 14.6 Å². The molecule has 3 atom stereocenters. The van der Waals surface area contributed by atoms with E-state index in [4.69, 9.17) is 17.2 Å². The van der Waals surface area contributed by atoms with Gasteiger partial charge in [-0.05, 0) is 37.2 Å². The summed E-state index contributed by atoms with van der Waals surface area (Å²) in [6, 6.07) is -2.72. The third kappa shape index (κ3) is 10.7. The molecule has 9 N–H and O–H groups in total. The van der Waals surface area contributed by atoms with Gasteiger partial charge < -0.3 is 32.9 Å². The summed E-state index contributed by atoms with van der Waals surface area (Å²) in [5.74, 6) is -1.84. The average molecular weight is 405 g/mol. The Labute approximate surface area is 164 Å². The number of amides is 2. The molecule has 2 amide bonds. The third-order valence-electron chi connectivity index (χ3n) is 3.78. The highest BCUT2D eigenvalue weighted by molar-refractivity contribution is 7.98. The number of nitrogens with zero attached hydrogens (tertiary/aromatic N) is 1. The number of carbonyl (C=O) groups excluding carboxylic acids is 2. The standard InChI is InChI=1S/C16H32N6O4S/c1-9(2)12(15(25)26)22-14(24)11(5-4-7-20-16(18)19)21-13(23)10(17)6-8-27-3/h9-12H,4-8,17H2,1-3H3,(H,21,23)(H,22,24)(H,25,26)(H4,18,19,20). The van der Waals surface area contributed by atoms with Crippen LogP contribution in [-0.4, -0.2) is 65.5 Å². The van der Waals surface area contributed by atoms with Crippen LogP contribution in [0.15, 0.2) is 4.99 Å². The molecule has 0 aromatic heterocycles. The van der Waals surface area contributed by atoms with E-state index < -0.39 is 35.9 Å². The number of aliphatic imine (C=N–C) groups is 1. The Hall–Kier alpha value is -2.01. The maximum atomic E-state index is 12.5. The van der Waals surface area contributed by atoms with Crippen molar-refractivity contribution in [1.82, 2.24) is 10.6 Å². The second-order valence-electron chi connectivity index (χ2n) is 6.47. The minimum absolute atomic E-state index is 0.0649. The SMILES string of the molecule is CSCCC(N)C(=O)NC(CCCN=C(N)N)C(=O)NC(C(=O)O)C(C)C. The van der Waals surface area contributed by atoms with Crippen LogP contribution < -0.4 is 27.8 Å². The van der Waals surface area contributed by atoms with Crippen molar-refractivity contribution < 1.29 is 19.5 Å². The van der Waals surface area contributed by atoms with Crippen molar-refractivity contribution in [2.75, 3.05) is 18.6 Å². The van der Waals surface area contributed by atoms with Crippen LogP contribution in [0.3, 0.4) is 0 Å². The smallest absolute Gasteiger partial charge is 0.326 e. The molecule has 27 heavy (non-hydrogen) atoms. The molecular formula is C16H32N6O4S. The molecule has 0 aromatic rings. The first-order valence-corrected chi connectivity index (χ1v) is 10.1. The fraction of sp³-hybridized carbons (Fsp3) is 0.750. The lowest BCUT2D eigenvalue weighted by Crippen LogP contribution is -2.55. The van der Waals surface area contributed by atoms with Crippen LogP contribution in [0.1, 0.15) is 33.1 Å². The summed E-state index contributed by atoms with van der Waals surface area (Å²) in [5, 5.41) is 14.3. The number of carbonyl (C=O) groups is 3. The number of nitrogens with one attached hydrogen (secondary N) is 2. The first-order valence-electron chi connectivity index (χ1n) is 8.73. The molecule has 0 aliphatic heterocycles. The van der Waals surface area contributed by atoms with E-state index in [1.807, 2.05) is 6.26 Å². The molecule has 0 aromatic carbocycles. The van der Waals surface area contributed by atoms with Gasteiger partial charge >= 0.3 is 5.97 Å². The number of nitrogens with two attached hydrogens (primary N) is 3. The second kappa shape index (κ2) is 13.2. The summed E-state index contributed by atoms with van der Waals surface area (Å²) in [4.78, 5) is 39.9. The monoisotopic (exact) mass is 404 g/mol. The molecule has 11 heteroatoms. The largest absolute Gasteiger partial charge is 0.480 e. The maximum absolute atomic E-state index is 12.5. The van der Waals surface area contributed by atoms with E-state index in [9.17, 15) is 19.5 Å². The molecule has 0 fully saturated rings. The number of thioether (sulfide) groups is 1. The summed E-state index contributed by atoms with van der Waals surface area (Å²) in [7, 11) is 0. The number of guanidine groups is 1. The molecule has 0 radical (unpaired) electrons. The van der Waals surface area contributed by atoms with Crippen molar-refractivity contribution in [2.45, 2.75) is 51.2 Å². The highest BCUT2D eigenvalue weighted by Crippen LogP contribution is 2.06. The summed E-state index contributed by atoms with van der Waals surface area (Å²) in [6.45, 7) is 3.65. The van der Waals surface area contributed by atoms with Crippen molar-refractivity contribution in [2.24, 2.45) is 28.1 Å². The Balaban J connectivity index is 5.04. The van der Waals surface area contributed by atoms with E-state index in [-0.39, 0.29) is 24.8 Å². The minimum atomic E-state index is -1.14. The van der Waals surface area contributed by atoms with Gasteiger partial charge in [-0.2, -0.15) is 11.8 Å². The van der Waals surface area contributed by atoms with Crippen molar-refractivity contribution in [3.63, 3.8) is 0 Å². The van der Waals surface area contributed by atoms with Gasteiger partial charge in [-0.1, -0.05) is 13.8 Å². The van der Waals surface area contributed by atoms with Gasteiger partial charge in [0.25, 0.3) is 0 Å². The Kier molecular flexibility index (Phi) is 12.2. The molecule has 0 rings (SSSR count). The van der Waals surface area contributed by atoms with Gasteiger partial charge in [0.2, 0.25) is 11.8 Å². The third-order valence-corrected chi connectivity index (χ3v) is 4.42. The Morgan fingerprint density at radius 2 is 1.74 bits per heavy atom. The van der Waals surface area contributed by atoms with Crippen LogP contribution in [0.4, 0.5) is 0 Å². The summed E-state index contributed by atoms with van der Waals surface area (Å²) >= 11 is 1.56. The molecule has 0 heterocycles. The van der Waals surface area contributed by atoms with Gasteiger partial charge in [-0.25, -0.2) is 4.79 Å². The van der Waals surface area contributed by atoms with Crippen molar-refractivity contribution in [3.05, 3.63) is 0 Å². The van der Waals surface area contributed by atoms with E-state index >= 15 is 0 Å². The molecule has 0 aliphatic rings. The van der Waals surface area contributed by atoms with Crippen molar-refractivity contribution >= 4 is 35.5 Å². The van der Waals surface area contributed by atoms with E-state index in [0.717, 1.165) is 0 Å². The number of aliphatic carboxylic acids is 1. The van der Waals surface area contributed by atoms with Crippen LogP contribution in [-0.2, 0) is 14.4 Å². The quantitative estimate of drug-likeness (QED) is 0.126. The Bertz CT molecular complexity index is 525. The van der Waals surface area contributed by atoms with Crippen LogP contribution in [0.5, 0.6) is 0 Å². The predicted octanol–water partition coefficient (Wildman–Crippen LogP) is -1.17. The molecular weight excluding hydrogens is 372 g/mol. The zero-order chi connectivity index (χ0) is 21.0. The molecule has 3 unspecified atom stereocenters. The number of rotatable bonds is 13. The Morgan fingerprint density at radius 1 is 1.11 bits per heavy atom. The first-order chi connectivity index (χ1) is 12.6. The van der Waals surface area contributed by atoms with Gasteiger partial charge in [0.15, 0.2) is 5.96 Å². The number of carboxylic acid groups (broad SMARTS) is 1. The lowest BCUT2D eigenvalue weighted by atomic mass is 10.0. The average Bonchev–Trinajstić information content (AvgIpc) is 2.58. The van der Waals surface area contributed by atoms with Gasteiger partial charge in [0, 0.05) is 6.54 Å². The molecule has 0 saturated carbocycles. The fourth-order valence-corrected chi connectivity index (χ4v) is 2.68. The van der Waals surface area contributed by atoms with Crippen LogP contribution in [0.2, 0.25) is 0 Å². The Morgan fingerprint density at radius 3 is 2.22 bits per heavy atom. The molecule has 156 valence electrons.